The molecule has 2 rings (SSSR count). The number of aryl methyl sites for hydroxylation is 1. The first-order valence-electron chi connectivity index (χ1n) is 4.74. The Hall–Kier alpha value is -1.75. The maximum Gasteiger partial charge on any atom is 0.171 e. The van der Waals surface area contributed by atoms with Crippen LogP contribution in [0.5, 0.6) is 0 Å². The van der Waals surface area contributed by atoms with E-state index in [1.807, 2.05) is 0 Å². The molecular formula is C11H10F2N2O. The van der Waals surface area contributed by atoms with Crippen molar-refractivity contribution in [3.05, 3.63) is 41.1 Å². The van der Waals surface area contributed by atoms with Gasteiger partial charge in [0.05, 0.1) is 5.69 Å². The molecule has 1 aromatic carbocycles. The maximum atomic E-state index is 13.0. The zero-order valence-corrected chi connectivity index (χ0v) is 8.63. The summed E-state index contributed by atoms with van der Waals surface area (Å²) in [5, 5.41) is 3.74. The molecule has 0 bridgehead atoms. The van der Waals surface area contributed by atoms with E-state index in [2.05, 4.69) is 5.16 Å². The van der Waals surface area contributed by atoms with Gasteiger partial charge in [-0.25, -0.2) is 8.78 Å². The largest absolute Gasteiger partial charge is 0.356 e. The van der Waals surface area contributed by atoms with Crippen LogP contribution >= 0.6 is 0 Å². The van der Waals surface area contributed by atoms with Crippen molar-refractivity contribution < 1.29 is 13.3 Å². The lowest BCUT2D eigenvalue weighted by molar-refractivity contribution is 0.426. The Bertz CT molecular complexity index is 523. The lowest BCUT2D eigenvalue weighted by atomic mass is 10.1. The smallest absolute Gasteiger partial charge is 0.171 e. The van der Waals surface area contributed by atoms with Gasteiger partial charge in [0, 0.05) is 17.7 Å². The van der Waals surface area contributed by atoms with E-state index < -0.39 is 11.6 Å². The lowest BCUT2D eigenvalue weighted by Gasteiger charge is -2.00. The van der Waals surface area contributed by atoms with E-state index in [9.17, 15) is 8.78 Å². The SMILES string of the molecule is Cc1noc(-c2ccc(F)c(F)c2)c1CN. The van der Waals surface area contributed by atoms with Gasteiger partial charge in [0.2, 0.25) is 0 Å². The van der Waals surface area contributed by atoms with Gasteiger partial charge in [-0.1, -0.05) is 5.16 Å². The van der Waals surface area contributed by atoms with Crippen LogP contribution in [0.1, 0.15) is 11.3 Å². The number of aromatic nitrogens is 1. The molecule has 0 unspecified atom stereocenters. The third kappa shape index (κ3) is 1.69. The first-order valence-corrected chi connectivity index (χ1v) is 4.74. The normalized spacial score (nSPS) is 10.8. The van der Waals surface area contributed by atoms with Crippen molar-refractivity contribution in [3.8, 4) is 11.3 Å². The number of halogens is 2. The van der Waals surface area contributed by atoms with Gasteiger partial charge in [0.15, 0.2) is 17.4 Å². The number of benzene rings is 1. The van der Waals surface area contributed by atoms with E-state index in [1.165, 1.54) is 6.07 Å². The predicted octanol–water partition coefficient (Wildman–Crippen LogP) is 2.39. The van der Waals surface area contributed by atoms with Crippen LogP contribution in [0, 0.1) is 18.6 Å². The third-order valence-corrected chi connectivity index (χ3v) is 2.37. The molecule has 0 atom stereocenters. The third-order valence-electron chi connectivity index (χ3n) is 2.37. The summed E-state index contributed by atoms with van der Waals surface area (Å²) in [5.74, 6) is -1.43. The maximum absolute atomic E-state index is 13.0. The first kappa shape index (κ1) is 10.8. The molecule has 0 aliphatic carbocycles. The zero-order valence-electron chi connectivity index (χ0n) is 8.63. The van der Waals surface area contributed by atoms with Crippen molar-refractivity contribution in [1.29, 1.82) is 0 Å². The number of hydrogen-bond acceptors (Lipinski definition) is 3. The predicted molar refractivity (Wildman–Crippen MR) is 54.5 cm³/mol. The van der Waals surface area contributed by atoms with Crippen molar-refractivity contribution in [2.24, 2.45) is 5.73 Å². The molecule has 2 N–H and O–H groups in total. The van der Waals surface area contributed by atoms with Crippen LogP contribution in [0.15, 0.2) is 22.7 Å². The summed E-state index contributed by atoms with van der Waals surface area (Å²) < 4.78 is 30.8. The summed E-state index contributed by atoms with van der Waals surface area (Å²) in [6.45, 7) is 1.98. The van der Waals surface area contributed by atoms with Crippen LogP contribution in [0.25, 0.3) is 11.3 Å². The highest BCUT2D eigenvalue weighted by atomic mass is 19.2. The minimum Gasteiger partial charge on any atom is -0.356 e. The molecule has 0 fully saturated rings. The standard InChI is InChI=1S/C11H10F2N2O/c1-6-8(5-14)11(16-15-6)7-2-3-9(12)10(13)4-7/h2-4H,5,14H2,1H3. The molecule has 0 aliphatic heterocycles. The van der Waals surface area contributed by atoms with Crippen molar-refractivity contribution in [2.45, 2.75) is 13.5 Å². The molecule has 0 aliphatic rings. The topological polar surface area (TPSA) is 52.0 Å². The second kappa shape index (κ2) is 4.02. The van der Waals surface area contributed by atoms with Crippen molar-refractivity contribution in [3.63, 3.8) is 0 Å². The molecular weight excluding hydrogens is 214 g/mol. The highest BCUT2D eigenvalue weighted by Gasteiger charge is 2.15. The van der Waals surface area contributed by atoms with Crippen molar-refractivity contribution in [2.75, 3.05) is 0 Å². The highest BCUT2D eigenvalue weighted by molar-refractivity contribution is 5.61. The van der Waals surface area contributed by atoms with Gasteiger partial charge < -0.3 is 10.3 Å². The number of hydrogen-bond donors (Lipinski definition) is 1. The Morgan fingerprint density at radius 1 is 1.31 bits per heavy atom. The summed E-state index contributed by atoms with van der Waals surface area (Å²) in [4.78, 5) is 0. The van der Waals surface area contributed by atoms with E-state index in [-0.39, 0.29) is 6.54 Å². The summed E-state index contributed by atoms with van der Waals surface area (Å²) in [6.07, 6.45) is 0. The molecule has 84 valence electrons. The van der Waals surface area contributed by atoms with E-state index in [0.717, 1.165) is 12.1 Å². The van der Waals surface area contributed by atoms with Gasteiger partial charge in [-0.2, -0.15) is 0 Å². The number of rotatable bonds is 2. The van der Waals surface area contributed by atoms with E-state index >= 15 is 0 Å². The number of nitrogens with two attached hydrogens (primary N) is 1. The van der Waals surface area contributed by atoms with Gasteiger partial charge in [0.25, 0.3) is 0 Å². The Labute approximate surface area is 90.9 Å². The molecule has 16 heavy (non-hydrogen) atoms. The van der Waals surface area contributed by atoms with Crippen LogP contribution in [0.3, 0.4) is 0 Å². The summed E-state index contributed by atoms with van der Waals surface area (Å²) >= 11 is 0. The van der Waals surface area contributed by atoms with Gasteiger partial charge in [-0.05, 0) is 25.1 Å². The Morgan fingerprint density at radius 3 is 2.69 bits per heavy atom. The fourth-order valence-corrected chi connectivity index (χ4v) is 1.49. The van der Waals surface area contributed by atoms with Gasteiger partial charge in [-0.15, -0.1) is 0 Å². The molecule has 3 nitrogen and oxygen atoms in total. The molecule has 1 heterocycles. The van der Waals surface area contributed by atoms with Crippen LogP contribution < -0.4 is 5.73 Å². The highest BCUT2D eigenvalue weighted by Crippen LogP contribution is 2.26. The Balaban J connectivity index is 2.54. The minimum absolute atomic E-state index is 0.240. The summed E-state index contributed by atoms with van der Waals surface area (Å²) in [7, 11) is 0. The van der Waals surface area contributed by atoms with Gasteiger partial charge in [-0.3, -0.25) is 0 Å². The van der Waals surface area contributed by atoms with E-state index in [0.29, 0.717) is 22.6 Å². The molecule has 0 radical (unpaired) electrons. The molecule has 0 amide bonds. The Kier molecular flexibility index (Phi) is 2.70. The molecule has 5 heteroatoms. The molecule has 0 spiro atoms. The van der Waals surface area contributed by atoms with Crippen LogP contribution in [0.2, 0.25) is 0 Å². The second-order valence-electron chi connectivity index (χ2n) is 3.41. The van der Waals surface area contributed by atoms with Gasteiger partial charge >= 0.3 is 0 Å². The van der Waals surface area contributed by atoms with Gasteiger partial charge in [0.1, 0.15) is 0 Å². The fraction of sp³-hybridized carbons (Fsp3) is 0.182. The molecule has 0 saturated heterocycles. The quantitative estimate of drug-likeness (QED) is 0.852. The lowest BCUT2D eigenvalue weighted by Crippen LogP contribution is -1.98. The Morgan fingerprint density at radius 2 is 2.06 bits per heavy atom. The molecule has 1 aromatic heterocycles. The molecule has 0 saturated carbocycles. The van der Waals surface area contributed by atoms with Crippen molar-refractivity contribution >= 4 is 0 Å². The summed E-state index contributed by atoms with van der Waals surface area (Å²) in [6, 6.07) is 3.54. The van der Waals surface area contributed by atoms with Crippen molar-refractivity contribution in [1.82, 2.24) is 5.16 Å². The minimum atomic E-state index is -0.922. The first-order chi connectivity index (χ1) is 7.63. The zero-order chi connectivity index (χ0) is 11.7. The average molecular weight is 224 g/mol. The summed E-state index contributed by atoms with van der Waals surface area (Å²) in [5.41, 5.74) is 7.32. The van der Waals surface area contributed by atoms with E-state index in [1.54, 1.807) is 6.92 Å². The van der Waals surface area contributed by atoms with Crippen LogP contribution in [-0.4, -0.2) is 5.16 Å². The number of nitrogens with zero attached hydrogens (tertiary/aromatic N) is 1. The second-order valence-corrected chi connectivity index (χ2v) is 3.41. The monoisotopic (exact) mass is 224 g/mol. The van der Waals surface area contributed by atoms with Crippen LogP contribution in [0.4, 0.5) is 8.78 Å². The average Bonchev–Trinajstić information content (AvgIpc) is 2.63. The fourth-order valence-electron chi connectivity index (χ4n) is 1.49. The van der Waals surface area contributed by atoms with Crippen LogP contribution in [-0.2, 0) is 6.54 Å². The van der Waals surface area contributed by atoms with E-state index in [4.69, 9.17) is 10.3 Å². The molecule has 2 aromatic rings.